The van der Waals surface area contributed by atoms with Gasteiger partial charge in [-0.15, -0.1) is 0 Å². The molecule has 0 saturated carbocycles. The Balaban J connectivity index is 1.39. The number of aromatic nitrogens is 3. The molecule has 4 aromatic rings. The number of urea groups is 1. The summed E-state index contributed by atoms with van der Waals surface area (Å²) in [7, 11) is 0. The largest absolute Gasteiger partial charge is 0.370 e. The van der Waals surface area contributed by atoms with Gasteiger partial charge in [0.25, 0.3) is 0 Å². The minimum Gasteiger partial charge on any atom is -0.370 e. The number of nitrogens with zero attached hydrogens (tertiary/aromatic N) is 3. The zero-order chi connectivity index (χ0) is 36.5. The van der Waals surface area contributed by atoms with Gasteiger partial charge in [-0.05, 0) is 35.6 Å². The molecular weight excluding hydrogens is 656 g/mol. The summed E-state index contributed by atoms with van der Waals surface area (Å²) < 4.78 is 0. The number of guanidine groups is 1. The van der Waals surface area contributed by atoms with Gasteiger partial charge in [-0.1, -0.05) is 42.5 Å². The van der Waals surface area contributed by atoms with E-state index in [0.717, 1.165) is 27.6 Å². The van der Waals surface area contributed by atoms with Gasteiger partial charge in [0.15, 0.2) is 5.96 Å². The van der Waals surface area contributed by atoms with Gasteiger partial charge in [0.05, 0.1) is 6.33 Å². The highest BCUT2D eigenvalue weighted by Crippen LogP contribution is 2.25. The van der Waals surface area contributed by atoms with Gasteiger partial charge in [0.2, 0.25) is 23.6 Å². The molecule has 0 bridgehead atoms. The molecule has 13 N–H and O–H groups in total. The van der Waals surface area contributed by atoms with Crippen molar-refractivity contribution in [1.29, 1.82) is 0 Å². The fourth-order valence-corrected chi connectivity index (χ4v) is 6.23. The summed E-state index contributed by atoms with van der Waals surface area (Å²) in [5, 5.41) is 8.88. The molecule has 3 heterocycles. The lowest BCUT2D eigenvalue weighted by atomic mass is 9.92. The van der Waals surface area contributed by atoms with Crippen LogP contribution in [0, 0.1) is 0 Å². The molecule has 0 radical (unpaired) electrons. The Labute approximate surface area is 293 Å². The van der Waals surface area contributed by atoms with Crippen LogP contribution < -0.4 is 38.9 Å². The fraction of sp³-hybridized carbons (Fsp3) is 0.324. The van der Waals surface area contributed by atoms with Crippen molar-refractivity contribution < 1.29 is 24.0 Å². The number of hydrogen-bond acceptors (Lipinski definition) is 7. The summed E-state index contributed by atoms with van der Waals surface area (Å²) in [6.07, 6.45) is 5.37. The molecule has 1 aliphatic heterocycles. The van der Waals surface area contributed by atoms with Crippen molar-refractivity contribution in [2.75, 3.05) is 6.54 Å². The normalized spacial score (nSPS) is 15.5. The summed E-state index contributed by atoms with van der Waals surface area (Å²) in [6.45, 7) is 0.231. The molecule has 2 aromatic heterocycles. The summed E-state index contributed by atoms with van der Waals surface area (Å²) in [5.41, 5.74) is 26.0. The molecule has 0 saturated heterocycles. The number of fused-ring (bicyclic) bond motifs is 2. The number of amides is 6. The number of carbonyl (C=O) groups is 5. The van der Waals surface area contributed by atoms with E-state index in [2.05, 4.69) is 35.9 Å². The number of imidazole rings is 1. The Morgan fingerprint density at radius 1 is 0.882 bits per heavy atom. The van der Waals surface area contributed by atoms with Gasteiger partial charge >= 0.3 is 6.03 Å². The lowest BCUT2D eigenvalue weighted by molar-refractivity contribution is -0.144. The Kier molecular flexibility index (Phi) is 11.5. The highest BCUT2D eigenvalue weighted by Gasteiger charge is 2.39. The van der Waals surface area contributed by atoms with Crippen molar-refractivity contribution in [1.82, 2.24) is 35.8 Å². The molecule has 0 aliphatic carbocycles. The van der Waals surface area contributed by atoms with Crippen LogP contribution in [0.1, 0.15) is 35.2 Å². The van der Waals surface area contributed by atoms with Gasteiger partial charge < -0.3 is 53.8 Å². The van der Waals surface area contributed by atoms with Crippen molar-refractivity contribution in [2.24, 2.45) is 27.9 Å². The van der Waals surface area contributed by atoms with Crippen LogP contribution in [0.5, 0.6) is 0 Å². The van der Waals surface area contributed by atoms with E-state index in [1.165, 1.54) is 17.4 Å². The number of nitrogens with two attached hydrogens (primary N) is 4. The highest BCUT2D eigenvalue weighted by molar-refractivity contribution is 5.96. The SMILES string of the molecule is NC(=O)N[C@@H](Cc1cnc[nH]1)C(=O)N1Cc2ccccc2C[C@@H]1C(=O)N[C@@H](CCCN=C(N)N)C(=O)N[C@@H](Cc1c[nH]c2ccccc12)C(N)=O. The average Bonchev–Trinajstić information content (AvgIpc) is 3.77. The van der Waals surface area contributed by atoms with Crippen molar-refractivity contribution in [2.45, 2.75) is 62.8 Å². The van der Waals surface area contributed by atoms with E-state index < -0.39 is 53.8 Å². The number of primary amides is 2. The van der Waals surface area contributed by atoms with E-state index in [9.17, 15) is 24.0 Å². The van der Waals surface area contributed by atoms with Gasteiger partial charge in [-0.2, -0.15) is 0 Å². The number of aromatic amines is 2. The van der Waals surface area contributed by atoms with Crippen LogP contribution in [0.3, 0.4) is 0 Å². The predicted molar refractivity (Wildman–Crippen MR) is 188 cm³/mol. The second kappa shape index (κ2) is 16.3. The van der Waals surface area contributed by atoms with Crippen LogP contribution >= 0.6 is 0 Å². The van der Waals surface area contributed by atoms with Crippen LogP contribution in [-0.2, 0) is 45.0 Å². The molecule has 17 nitrogen and oxygen atoms in total. The molecule has 0 unspecified atom stereocenters. The van der Waals surface area contributed by atoms with Crippen molar-refractivity contribution in [3.05, 3.63) is 89.6 Å². The third kappa shape index (κ3) is 9.20. The van der Waals surface area contributed by atoms with Crippen LogP contribution in [0.15, 0.2) is 72.2 Å². The smallest absolute Gasteiger partial charge is 0.312 e. The molecule has 0 spiro atoms. The lowest BCUT2D eigenvalue weighted by Gasteiger charge is -2.38. The Morgan fingerprint density at radius 2 is 1.63 bits per heavy atom. The number of aliphatic imine (C=N–C) groups is 1. The topological polar surface area (TPSA) is 286 Å². The molecule has 268 valence electrons. The van der Waals surface area contributed by atoms with Gasteiger partial charge in [-0.3, -0.25) is 24.2 Å². The minimum atomic E-state index is -1.16. The zero-order valence-corrected chi connectivity index (χ0v) is 27.8. The van der Waals surface area contributed by atoms with Crippen molar-refractivity contribution in [3.63, 3.8) is 0 Å². The highest BCUT2D eigenvalue weighted by atomic mass is 16.2. The van der Waals surface area contributed by atoms with Gasteiger partial charge in [0, 0.05) is 61.3 Å². The second-order valence-corrected chi connectivity index (χ2v) is 12.3. The summed E-state index contributed by atoms with van der Waals surface area (Å²) in [4.78, 5) is 82.1. The zero-order valence-electron chi connectivity index (χ0n) is 27.8. The first-order valence-electron chi connectivity index (χ1n) is 16.4. The third-order valence-corrected chi connectivity index (χ3v) is 8.76. The minimum absolute atomic E-state index is 0.0367. The summed E-state index contributed by atoms with van der Waals surface area (Å²) >= 11 is 0. The lowest BCUT2D eigenvalue weighted by Crippen LogP contribution is -2.61. The van der Waals surface area contributed by atoms with Crippen LogP contribution in [-0.4, -0.2) is 86.2 Å². The van der Waals surface area contributed by atoms with Crippen LogP contribution in [0.2, 0.25) is 0 Å². The quantitative estimate of drug-likeness (QED) is 0.0428. The summed E-state index contributed by atoms with van der Waals surface area (Å²) in [6, 6.07) is 9.52. The fourth-order valence-electron chi connectivity index (χ4n) is 6.23. The third-order valence-electron chi connectivity index (χ3n) is 8.76. The maximum absolute atomic E-state index is 14.2. The van der Waals surface area contributed by atoms with E-state index in [1.54, 1.807) is 6.20 Å². The van der Waals surface area contributed by atoms with E-state index in [0.29, 0.717) is 12.1 Å². The molecule has 2 aromatic carbocycles. The molecule has 1 aliphatic rings. The maximum atomic E-state index is 14.2. The Hall–Kier alpha value is -6.39. The number of nitrogens with one attached hydrogen (secondary N) is 5. The van der Waals surface area contributed by atoms with Crippen LogP contribution in [0.4, 0.5) is 4.79 Å². The number of benzene rings is 2. The first-order valence-corrected chi connectivity index (χ1v) is 16.4. The van der Waals surface area contributed by atoms with Crippen molar-refractivity contribution >= 4 is 46.5 Å². The van der Waals surface area contributed by atoms with Crippen molar-refractivity contribution in [3.8, 4) is 0 Å². The maximum Gasteiger partial charge on any atom is 0.312 e. The second-order valence-electron chi connectivity index (χ2n) is 12.3. The molecule has 17 heteroatoms. The number of H-pyrrole nitrogens is 2. The van der Waals surface area contributed by atoms with E-state index in [1.807, 2.05) is 48.5 Å². The predicted octanol–water partition coefficient (Wildman–Crippen LogP) is -0.825. The molecular formula is C34H42N12O5. The van der Waals surface area contributed by atoms with Gasteiger partial charge in [0.1, 0.15) is 24.2 Å². The number of para-hydroxylation sites is 1. The standard InChI is InChI=1S/C34H42N12O5/c35-29(47)26(12-21-15-41-24-9-4-3-8-23(21)24)44-30(48)25(10-5-11-40-33(36)37)43-31(49)28-13-19-6-1-2-7-20(19)17-46(28)32(50)27(45-34(38)51)14-22-16-39-18-42-22/h1-4,6-9,15-16,18,25-28,41H,5,10-14,17H2,(H2,35,47)(H,39,42)(H,43,49)(H,44,48)(H4,36,37,40)(H3,38,45,51)/t25-,26-,27-,28+/m0/s1. The Bertz CT molecular complexity index is 1900. The van der Waals surface area contributed by atoms with Gasteiger partial charge in [-0.25, -0.2) is 9.78 Å². The first kappa shape index (κ1) is 35.9. The average molecular weight is 699 g/mol. The molecule has 51 heavy (non-hydrogen) atoms. The molecule has 4 atom stereocenters. The molecule has 6 amide bonds. The molecule has 5 rings (SSSR count). The Morgan fingerprint density at radius 3 is 2.33 bits per heavy atom. The van der Waals surface area contributed by atoms with Crippen LogP contribution in [0.25, 0.3) is 10.9 Å². The monoisotopic (exact) mass is 698 g/mol. The molecule has 0 fully saturated rings. The number of carbonyl (C=O) groups excluding carboxylic acids is 5. The number of rotatable bonds is 15. The van der Waals surface area contributed by atoms with E-state index in [-0.39, 0.29) is 44.7 Å². The van der Waals surface area contributed by atoms with E-state index >= 15 is 0 Å². The first-order chi connectivity index (χ1) is 24.5. The van der Waals surface area contributed by atoms with E-state index in [4.69, 9.17) is 22.9 Å². The summed E-state index contributed by atoms with van der Waals surface area (Å²) in [5.74, 6) is -2.72. The number of hydrogen-bond donors (Lipinski definition) is 9.